The van der Waals surface area contributed by atoms with Crippen molar-refractivity contribution in [3.63, 3.8) is 0 Å². The average Bonchev–Trinajstić information content (AvgIpc) is 2.56. The summed E-state index contributed by atoms with van der Waals surface area (Å²) in [5, 5.41) is 0. The van der Waals surface area contributed by atoms with E-state index in [1.165, 1.54) is 5.56 Å². The van der Waals surface area contributed by atoms with Crippen molar-refractivity contribution in [2.45, 2.75) is 25.6 Å². The highest BCUT2D eigenvalue weighted by atomic mass is 79.9. The van der Waals surface area contributed by atoms with Crippen molar-refractivity contribution in [1.82, 2.24) is 4.98 Å². The number of hydrogen-bond acceptors (Lipinski definition) is 3. The molecule has 1 aromatic heterocycles. The van der Waals surface area contributed by atoms with Crippen molar-refractivity contribution in [1.29, 1.82) is 0 Å². The molecule has 0 N–H and O–H groups in total. The van der Waals surface area contributed by atoms with Crippen molar-refractivity contribution in [2.24, 2.45) is 0 Å². The van der Waals surface area contributed by atoms with E-state index in [9.17, 15) is 0 Å². The first kappa shape index (κ1) is 15.3. The van der Waals surface area contributed by atoms with Crippen LogP contribution in [0.1, 0.15) is 30.5 Å². The minimum atomic E-state index is -0.236. The summed E-state index contributed by atoms with van der Waals surface area (Å²) in [7, 11) is 0. The maximum absolute atomic E-state index is 5.96. The molecule has 0 spiro atoms. The SMILES string of the molecule is CCOC1CC(c2ccc(Br)cc2)C=C(c2ccccn2)O1. The van der Waals surface area contributed by atoms with Gasteiger partial charge in [-0.05, 0) is 42.8 Å². The van der Waals surface area contributed by atoms with E-state index < -0.39 is 0 Å². The smallest absolute Gasteiger partial charge is 0.200 e. The van der Waals surface area contributed by atoms with Gasteiger partial charge < -0.3 is 9.47 Å². The van der Waals surface area contributed by atoms with Crippen molar-refractivity contribution in [3.05, 3.63) is 70.5 Å². The van der Waals surface area contributed by atoms with E-state index in [0.717, 1.165) is 22.3 Å². The van der Waals surface area contributed by atoms with E-state index in [1.807, 2.05) is 25.1 Å². The summed E-state index contributed by atoms with van der Waals surface area (Å²) in [6.07, 6.45) is 4.49. The van der Waals surface area contributed by atoms with Gasteiger partial charge >= 0.3 is 0 Å². The van der Waals surface area contributed by atoms with Crippen LogP contribution >= 0.6 is 15.9 Å². The normalized spacial score (nSPS) is 21.1. The van der Waals surface area contributed by atoms with Crippen LogP contribution < -0.4 is 0 Å². The zero-order valence-corrected chi connectivity index (χ0v) is 14.0. The third-order valence-electron chi connectivity index (χ3n) is 3.63. The van der Waals surface area contributed by atoms with E-state index >= 15 is 0 Å². The molecule has 114 valence electrons. The Morgan fingerprint density at radius 2 is 2.05 bits per heavy atom. The molecule has 2 atom stereocenters. The second kappa shape index (κ2) is 7.07. The summed E-state index contributed by atoms with van der Waals surface area (Å²) >= 11 is 3.48. The van der Waals surface area contributed by atoms with Gasteiger partial charge in [0.05, 0.1) is 0 Å². The molecule has 0 radical (unpaired) electrons. The number of benzene rings is 1. The van der Waals surface area contributed by atoms with Crippen LogP contribution in [-0.4, -0.2) is 17.9 Å². The molecule has 22 heavy (non-hydrogen) atoms. The second-order valence-corrected chi connectivity index (χ2v) is 6.06. The first-order valence-corrected chi connectivity index (χ1v) is 8.22. The van der Waals surface area contributed by atoms with Gasteiger partial charge in [-0.25, -0.2) is 0 Å². The van der Waals surface area contributed by atoms with Crippen LogP contribution in [0.15, 0.2) is 59.2 Å². The highest BCUT2D eigenvalue weighted by Gasteiger charge is 2.26. The Balaban J connectivity index is 1.92. The predicted octanol–water partition coefficient (Wildman–Crippen LogP) is 4.75. The maximum atomic E-state index is 5.96. The third-order valence-corrected chi connectivity index (χ3v) is 4.15. The van der Waals surface area contributed by atoms with Gasteiger partial charge in [-0.15, -0.1) is 0 Å². The fourth-order valence-corrected chi connectivity index (χ4v) is 2.84. The topological polar surface area (TPSA) is 31.4 Å². The lowest BCUT2D eigenvalue weighted by molar-refractivity contribution is -0.104. The van der Waals surface area contributed by atoms with Crippen LogP contribution in [0.2, 0.25) is 0 Å². The highest BCUT2D eigenvalue weighted by molar-refractivity contribution is 9.10. The van der Waals surface area contributed by atoms with Crippen LogP contribution in [0.25, 0.3) is 5.76 Å². The minimum Gasteiger partial charge on any atom is -0.463 e. The van der Waals surface area contributed by atoms with E-state index in [0.29, 0.717) is 6.61 Å². The molecule has 3 nitrogen and oxygen atoms in total. The number of allylic oxidation sites excluding steroid dienone is 1. The number of halogens is 1. The Kier molecular flexibility index (Phi) is 4.90. The van der Waals surface area contributed by atoms with Crippen LogP contribution in [0.4, 0.5) is 0 Å². The maximum Gasteiger partial charge on any atom is 0.200 e. The summed E-state index contributed by atoms with van der Waals surface area (Å²) in [5.74, 6) is 1.05. The van der Waals surface area contributed by atoms with Gasteiger partial charge in [0.15, 0.2) is 0 Å². The van der Waals surface area contributed by atoms with Gasteiger partial charge in [-0.3, -0.25) is 4.98 Å². The van der Waals surface area contributed by atoms with Crippen molar-refractivity contribution < 1.29 is 9.47 Å². The molecule has 0 fully saturated rings. The molecular weight excluding hydrogens is 342 g/mol. The van der Waals surface area contributed by atoms with E-state index in [2.05, 4.69) is 51.3 Å². The van der Waals surface area contributed by atoms with Gasteiger partial charge in [0, 0.05) is 29.6 Å². The Morgan fingerprint density at radius 1 is 1.23 bits per heavy atom. The molecule has 0 saturated heterocycles. The Bertz CT molecular complexity index is 640. The molecule has 1 aliphatic rings. The molecule has 1 aliphatic heterocycles. The fourth-order valence-electron chi connectivity index (χ4n) is 2.57. The van der Waals surface area contributed by atoms with Crippen LogP contribution in [0.3, 0.4) is 0 Å². The summed E-state index contributed by atoms with van der Waals surface area (Å²) in [6, 6.07) is 14.2. The van der Waals surface area contributed by atoms with Gasteiger partial charge in [0.1, 0.15) is 11.5 Å². The quantitative estimate of drug-likeness (QED) is 0.788. The summed E-state index contributed by atoms with van der Waals surface area (Å²) in [6.45, 7) is 2.62. The highest BCUT2D eigenvalue weighted by Crippen LogP contribution is 2.34. The molecule has 2 aromatic rings. The molecule has 0 bridgehead atoms. The molecule has 2 heterocycles. The van der Waals surface area contributed by atoms with Gasteiger partial charge in [0.2, 0.25) is 6.29 Å². The largest absolute Gasteiger partial charge is 0.463 e. The van der Waals surface area contributed by atoms with E-state index in [1.54, 1.807) is 6.20 Å². The Labute approximate surface area is 139 Å². The van der Waals surface area contributed by atoms with Crippen LogP contribution in [-0.2, 0) is 9.47 Å². The molecule has 3 rings (SSSR count). The van der Waals surface area contributed by atoms with Gasteiger partial charge in [-0.1, -0.05) is 34.1 Å². The molecule has 0 saturated carbocycles. The molecule has 0 aliphatic carbocycles. The summed E-state index contributed by atoms with van der Waals surface area (Å²) in [4.78, 5) is 4.38. The van der Waals surface area contributed by atoms with Crippen molar-refractivity contribution >= 4 is 21.7 Å². The summed E-state index contributed by atoms with van der Waals surface area (Å²) < 4.78 is 12.7. The molecule has 2 unspecified atom stereocenters. The monoisotopic (exact) mass is 359 g/mol. The van der Waals surface area contributed by atoms with E-state index in [4.69, 9.17) is 9.47 Å². The lowest BCUT2D eigenvalue weighted by Gasteiger charge is -2.29. The zero-order chi connectivity index (χ0) is 15.4. The first-order valence-electron chi connectivity index (χ1n) is 7.43. The zero-order valence-electron chi connectivity index (χ0n) is 12.4. The number of aromatic nitrogens is 1. The number of rotatable bonds is 4. The molecule has 1 aromatic carbocycles. The van der Waals surface area contributed by atoms with Crippen LogP contribution in [0.5, 0.6) is 0 Å². The van der Waals surface area contributed by atoms with E-state index in [-0.39, 0.29) is 12.2 Å². The van der Waals surface area contributed by atoms with Crippen LogP contribution in [0, 0.1) is 0 Å². The minimum absolute atomic E-state index is 0.236. The number of hydrogen-bond donors (Lipinski definition) is 0. The van der Waals surface area contributed by atoms with Crippen molar-refractivity contribution in [3.8, 4) is 0 Å². The summed E-state index contributed by atoms with van der Waals surface area (Å²) in [5.41, 5.74) is 2.10. The number of pyridine rings is 1. The average molecular weight is 360 g/mol. The fraction of sp³-hybridized carbons (Fsp3) is 0.278. The Morgan fingerprint density at radius 3 is 2.73 bits per heavy atom. The number of ether oxygens (including phenoxy) is 2. The standard InChI is InChI=1S/C18H18BrNO2/c1-2-21-18-12-14(13-6-8-15(19)9-7-13)11-17(22-18)16-5-3-4-10-20-16/h3-11,14,18H,2,12H2,1H3. The molecule has 0 amide bonds. The lowest BCUT2D eigenvalue weighted by Crippen LogP contribution is -2.24. The number of nitrogens with zero attached hydrogens (tertiary/aromatic N) is 1. The lowest BCUT2D eigenvalue weighted by atomic mass is 9.92. The van der Waals surface area contributed by atoms with Crippen molar-refractivity contribution in [2.75, 3.05) is 6.61 Å². The Hall–Kier alpha value is -1.65. The third kappa shape index (κ3) is 3.57. The molecule has 4 heteroatoms. The molecular formula is C18H18BrNO2. The van der Waals surface area contributed by atoms with Gasteiger partial charge in [-0.2, -0.15) is 0 Å². The first-order chi connectivity index (χ1) is 10.8. The second-order valence-electron chi connectivity index (χ2n) is 5.14. The predicted molar refractivity (Wildman–Crippen MR) is 90.2 cm³/mol. The van der Waals surface area contributed by atoms with Gasteiger partial charge in [0.25, 0.3) is 0 Å².